The Morgan fingerprint density at radius 2 is 1.95 bits per heavy atom. The lowest BCUT2D eigenvalue weighted by Crippen LogP contribution is -1.93. The lowest BCUT2D eigenvalue weighted by atomic mass is 10.2. The molecule has 7 nitrogen and oxygen atoms in total. The Balaban J connectivity index is 1.80. The van der Waals surface area contributed by atoms with Crippen molar-refractivity contribution in [3.63, 3.8) is 0 Å². The number of nitrogens with zero attached hydrogens (tertiary/aromatic N) is 4. The molecule has 0 fully saturated rings. The number of non-ortho nitro benzene ring substituents is 1. The molecule has 21 heavy (non-hydrogen) atoms. The predicted octanol–water partition coefficient (Wildman–Crippen LogP) is 2.63. The lowest BCUT2D eigenvalue weighted by molar-refractivity contribution is -0.384. The molecule has 2 aromatic heterocycles. The molecule has 0 aliphatic carbocycles. The molecule has 3 aromatic rings. The van der Waals surface area contributed by atoms with E-state index in [9.17, 15) is 10.1 Å². The topological polar surface area (TPSA) is 95.0 Å². The van der Waals surface area contributed by atoms with Crippen LogP contribution in [0.4, 0.5) is 5.69 Å². The molecule has 0 aliphatic rings. The van der Waals surface area contributed by atoms with Crippen LogP contribution in [0.2, 0.25) is 0 Å². The maximum absolute atomic E-state index is 10.6. The molecule has 0 radical (unpaired) electrons. The summed E-state index contributed by atoms with van der Waals surface area (Å²) < 4.78 is 5.16. The molecule has 0 spiro atoms. The summed E-state index contributed by atoms with van der Waals surface area (Å²) in [5.41, 5.74) is 1.50. The molecule has 0 aliphatic heterocycles. The molecule has 3 rings (SSSR count). The van der Waals surface area contributed by atoms with E-state index in [0.717, 1.165) is 5.69 Å². The number of hydrogen-bond acceptors (Lipinski definition) is 6. The van der Waals surface area contributed by atoms with E-state index < -0.39 is 4.92 Å². The molecule has 7 heteroatoms. The average molecular weight is 282 g/mol. The molecule has 104 valence electrons. The molecule has 0 saturated heterocycles. The molecule has 0 amide bonds. The molecule has 0 bridgehead atoms. The molecule has 0 atom stereocenters. The lowest BCUT2D eigenvalue weighted by Gasteiger charge is -1.94. The Kier molecular flexibility index (Phi) is 3.38. The Labute approximate surface area is 119 Å². The quantitative estimate of drug-likeness (QED) is 0.539. The van der Waals surface area contributed by atoms with Crippen LogP contribution in [0.25, 0.3) is 11.5 Å². The Morgan fingerprint density at radius 1 is 1.14 bits per heavy atom. The summed E-state index contributed by atoms with van der Waals surface area (Å²) in [6.07, 6.45) is 2.17. The maximum Gasteiger partial charge on any atom is 0.269 e. The fourth-order valence-corrected chi connectivity index (χ4v) is 1.83. The number of nitro benzene ring substituents is 1. The zero-order valence-electron chi connectivity index (χ0n) is 10.8. The smallest absolute Gasteiger partial charge is 0.269 e. The van der Waals surface area contributed by atoms with Crippen LogP contribution in [-0.2, 0) is 6.42 Å². The van der Waals surface area contributed by atoms with Crippen molar-refractivity contribution in [3.8, 4) is 11.5 Å². The summed E-state index contributed by atoms with van der Waals surface area (Å²) in [6, 6.07) is 11.6. The minimum Gasteiger partial charge on any atom is -0.334 e. The van der Waals surface area contributed by atoms with Gasteiger partial charge in [-0.15, -0.1) is 0 Å². The van der Waals surface area contributed by atoms with E-state index in [1.165, 1.54) is 12.1 Å². The van der Waals surface area contributed by atoms with E-state index in [1.54, 1.807) is 18.3 Å². The minimum absolute atomic E-state index is 0.0203. The number of aromatic nitrogens is 3. The first-order chi connectivity index (χ1) is 10.2. The summed E-state index contributed by atoms with van der Waals surface area (Å²) in [5.74, 6) is 0.845. The predicted molar refractivity (Wildman–Crippen MR) is 73.4 cm³/mol. The molecule has 0 saturated carbocycles. The van der Waals surface area contributed by atoms with Gasteiger partial charge in [-0.2, -0.15) is 4.98 Å². The zero-order valence-corrected chi connectivity index (χ0v) is 10.8. The summed E-state index contributed by atoms with van der Waals surface area (Å²) in [7, 11) is 0. The molecule has 0 N–H and O–H groups in total. The van der Waals surface area contributed by atoms with Gasteiger partial charge in [-0.25, -0.2) is 0 Å². The number of rotatable bonds is 4. The van der Waals surface area contributed by atoms with Crippen molar-refractivity contribution in [2.24, 2.45) is 0 Å². The molecule has 2 heterocycles. The van der Waals surface area contributed by atoms with Crippen molar-refractivity contribution in [3.05, 3.63) is 70.3 Å². The van der Waals surface area contributed by atoms with Crippen LogP contribution in [-0.4, -0.2) is 20.0 Å². The second-order valence-corrected chi connectivity index (χ2v) is 4.32. The second kappa shape index (κ2) is 5.49. The van der Waals surface area contributed by atoms with Gasteiger partial charge >= 0.3 is 0 Å². The standard InChI is InChI=1S/C14H10N4O3/c19-18(20)12-6-4-10(5-7-12)14-16-13(17-21-14)9-11-3-1-2-8-15-11/h1-8H,9H2. The van der Waals surface area contributed by atoms with Crippen LogP contribution >= 0.6 is 0 Å². The van der Waals surface area contributed by atoms with E-state index in [-0.39, 0.29) is 5.69 Å². The molecular weight excluding hydrogens is 272 g/mol. The van der Waals surface area contributed by atoms with E-state index in [2.05, 4.69) is 15.1 Å². The third-order valence-corrected chi connectivity index (χ3v) is 2.86. The molecular formula is C14H10N4O3. The van der Waals surface area contributed by atoms with E-state index in [4.69, 9.17) is 4.52 Å². The van der Waals surface area contributed by atoms with Gasteiger partial charge in [-0.05, 0) is 24.3 Å². The van der Waals surface area contributed by atoms with Gasteiger partial charge in [-0.3, -0.25) is 15.1 Å². The minimum atomic E-state index is -0.454. The van der Waals surface area contributed by atoms with Crippen LogP contribution in [0.3, 0.4) is 0 Å². The van der Waals surface area contributed by atoms with Crippen LogP contribution in [0.15, 0.2) is 53.2 Å². The van der Waals surface area contributed by atoms with Crippen molar-refractivity contribution in [2.45, 2.75) is 6.42 Å². The van der Waals surface area contributed by atoms with Crippen LogP contribution in [0, 0.1) is 10.1 Å². The van der Waals surface area contributed by atoms with Gasteiger partial charge in [0, 0.05) is 29.6 Å². The first kappa shape index (κ1) is 12.9. The number of nitro groups is 1. The fourth-order valence-electron chi connectivity index (χ4n) is 1.83. The van der Waals surface area contributed by atoms with Crippen molar-refractivity contribution in [2.75, 3.05) is 0 Å². The first-order valence-corrected chi connectivity index (χ1v) is 6.20. The van der Waals surface area contributed by atoms with Gasteiger partial charge in [0.15, 0.2) is 5.82 Å². The van der Waals surface area contributed by atoms with E-state index >= 15 is 0 Å². The normalized spacial score (nSPS) is 10.5. The highest BCUT2D eigenvalue weighted by atomic mass is 16.6. The monoisotopic (exact) mass is 282 g/mol. The van der Waals surface area contributed by atoms with Crippen LogP contribution in [0.5, 0.6) is 0 Å². The average Bonchev–Trinajstić information content (AvgIpc) is 2.97. The SMILES string of the molecule is O=[N+]([O-])c1ccc(-c2nc(Cc3ccccn3)no2)cc1. The summed E-state index contributed by atoms with van der Waals surface area (Å²) in [4.78, 5) is 18.6. The molecule has 0 unspecified atom stereocenters. The third-order valence-electron chi connectivity index (χ3n) is 2.86. The summed E-state index contributed by atoms with van der Waals surface area (Å²) >= 11 is 0. The zero-order chi connectivity index (χ0) is 14.7. The number of hydrogen-bond donors (Lipinski definition) is 0. The van der Waals surface area contributed by atoms with Crippen LogP contribution < -0.4 is 0 Å². The van der Waals surface area contributed by atoms with Gasteiger partial charge in [0.2, 0.25) is 0 Å². The second-order valence-electron chi connectivity index (χ2n) is 4.32. The largest absolute Gasteiger partial charge is 0.334 e. The van der Waals surface area contributed by atoms with Gasteiger partial charge in [0.05, 0.1) is 11.3 Å². The third kappa shape index (κ3) is 2.92. The van der Waals surface area contributed by atoms with Crippen LogP contribution in [0.1, 0.15) is 11.5 Å². The highest BCUT2D eigenvalue weighted by molar-refractivity contribution is 5.55. The first-order valence-electron chi connectivity index (χ1n) is 6.20. The Morgan fingerprint density at radius 3 is 2.62 bits per heavy atom. The van der Waals surface area contributed by atoms with Crippen molar-refractivity contribution < 1.29 is 9.45 Å². The van der Waals surface area contributed by atoms with E-state index in [1.807, 2.05) is 18.2 Å². The van der Waals surface area contributed by atoms with Crippen molar-refractivity contribution >= 4 is 5.69 Å². The Bertz CT molecular complexity index is 753. The fraction of sp³-hybridized carbons (Fsp3) is 0.0714. The van der Waals surface area contributed by atoms with Gasteiger partial charge in [0.25, 0.3) is 11.6 Å². The van der Waals surface area contributed by atoms with Crippen molar-refractivity contribution in [1.29, 1.82) is 0 Å². The van der Waals surface area contributed by atoms with Gasteiger partial charge in [0.1, 0.15) is 0 Å². The van der Waals surface area contributed by atoms with Gasteiger partial charge in [-0.1, -0.05) is 11.2 Å². The van der Waals surface area contributed by atoms with E-state index in [0.29, 0.717) is 23.7 Å². The molecule has 1 aromatic carbocycles. The maximum atomic E-state index is 10.6. The Hall–Kier alpha value is -3.09. The highest BCUT2D eigenvalue weighted by Gasteiger charge is 2.11. The summed E-state index contributed by atoms with van der Waals surface area (Å²) in [6.45, 7) is 0. The number of pyridine rings is 1. The number of benzene rings is 1. The van der Waals surface area contributed by atoms with Gasteiger partial charge < -0.3 is 4.52 Å². The highest BCUT2D eigenvalue weighted by Crippen LogP contribution is 2.21. The van der Waals surface area contributed by atoms with Crippen molar-refractivity contribution in [1.82, 2.24) is 15.1 Å². The summed E-state index contributed by atoms with van der Waals surface area (Å²) in [5, 5.41) is 14.5.